The second-order valence-electron chi connectivity index (χ2n) is 6.00. The highest BCUT2D eigenvalue weighted by Gasteiger charge is 2.29. The van der Waals surface area contributed by atoms with Crippen LogP contribution in [0.5, 0.6) is 0 Å². The lowest BCUT2D eigenvalue weighted by molar-refractivity contribution is 0.0696. The number of hydrogen-bond donors (Lipinski definition) is 0. The van der Waals surface area contributed by atoms with Crippen molar-refractivity contribution in [1.29, 1.82) is 0 Å². The molecule has 1 fully saturated rings. The Balaban J connectivity index is 1.51. The zero-order chi connectivity index (χ0) is 17.2. The van der Waals surface area contributed by atoms with E-state index in [2.05, 4.69) is 10.1 Å². The molecular weight excluding hydrogens is 358 g/mol. The maximum atomic E-state index is 12.8. The molecule has 1 amide bonds. The molecule has 2 aromatic heterocycles. The van der Waals surface area contributed by atoms with E-state index in [9.17, 15) is 4.79 Å². The number of nitrogens with zero attached hydrogens (tertiary/aromatic N) is 3. The number of carbonyl (C=O) groups excluding carboxylic acids is 1. The van der Waals surface area contributed by atoms with Crippen LogP contribution in [-0.2, 0) is 0 Å². The van der Waals surface area contributed by atoms with Crippen LogP contribution in [-0.4, -0.2) is 34.0 Å². The predicted octanol–water partition coefficient (Wildman–Crippen LogP) is 4.47. The molecule has 7 heteroatoms. The number of carbonyl (C=O) groups is 1. The summed E-state index contributed by atoms with van der Waals surface area (Å²) in [6.07, 6.45) is 1.83. The number of hydrogen-bond acceptors (Lipinski definition) is 5. The van der Waals surface area contributed by atoms with Crippen molar-refractivity contribution >= 4 is 28.8 Å². The van der Waals surface area contributed by atoms with Gasteiger partial charge >= 0.3 is 0 Å². The zero-order valence-corrected chi connectivity index (χ0v) is 15.0. The lowest BCUT2D eigenvalue weighted by Gasteiger charge is -2.31. The summed E-state index contributed by atoms with van der Waals surface area (Å²) >= 11 is 7.74. The molecule has 1 aliphatic heterocycles. The first-order chi connectivity index (χ1) is 12.2. The molecule has 4 rings (SSSR count). The fraction of sp³-hybridized carbons (Fsp3) is 0.278. The van der Waals surface area contributed by atoms with Gasteiger partial charge in [0.05, 0.1) is 21.4 Å². The highest BCUT2D eigenvalue weighted by molar-refractivity contribution is 7.13. The largest absolute Gasteiger partial charge is 0.339 e. The summed E-state index contributed by atoms with van der Waals surface area (Å²) in [6, 6.07) is 11.1. The van der Waals surface area contributed by atoms with Crippen molar-refractivity contribution in [3.8, 4) is 10.7 Å². The highest BCUT2D eigenvalue weighted by Crippen LogP contribution is 2.30. The summed E-state index contributed by atoms with van der Waals surface area (Å²) < 4.78 is 5.47. The van der Waals surface area contributed by atoms with Gasteiger partial charge in [-0.1, -0.05) is 35.0 Å². The van der Waals surface area contributed by atoms with Crippen LogP contribution in [0.2, 0.25) is 5.02 Å². The van der Waals surface area contributed by atoms with Gasteiger partial charge in [-0.15, -0.1) is 11.3 Å². The van der Waals surface area contributed by atoms with Gasteiger partial charge in [0, 0.05) is 13.1 Å². The summed E-state index contributed by atoms with van der Waals surface area (Å²) in [5.41, 5.74) is 0.537. The van der Waals surface area contributed by atoms with Crippen LogP contribution in [0.3, 0.4) is 0 Å². The number of likely N-dealkylation sites (tertiary alicyclic amines) is 1. The minimum atomic E-state index is -0.0479. The Bertz CT molecular complexity index is 878. The molecule has 1 aliphatic rings. The van der Waals surface area contributed by atoms with Gasteiger partial charge in [-0.2, -0.15) is 4.98 Å². The van der Waals surface area contributed by atoms with E-state index < -0.39 is 0 Å². The van der Waals surface area contributed by atoms with Gasteiger partial charge in [-0.05, 0) is 36.4 Å². The van der Waals surface area contributed by atoms with E-state index in [0.717, 1.165) is 17.7 Å². The van der Waals surface area contributed by atoms with E-state index in [1.54, 1.807) is 23.5 Å². The molecular formula is C18H16ClN3O2S. The van der Waals surface area contributed by atoms with E-state index in [1.165, 1.54) is 0 Å². The number of aromatic nitrogens is 2. The van der Waals surface area contributed by atoms with Crippen LogP contribution >= 0.6 is 22.9 Å². The third-order valence-electron chi connectivity index (χ3n) is 4.35. The van der Waals surface area contributed by atoms with Crippen LogP contribution < -0.4 is 0 Å². The molecule has 1 aromatic carbocycles. The van der Waals surface area contributed by atoms with Crippen molar-refractivity contribution in [2.75, 3.05) is 13.1 Å². The Hall–Kier alpha value is -2.18. The molecule has 0 aliphatic carbocycles. The molecule has 0 saturated carbocycles. The Morgan fingerprint density at radius 1 is 1.28 bits per heavy atom. The van der Waals surface area contributed by atoms with Crippen molar-refractivity contribution in [2.45, 2.75) is 18.8 Å². The molecule has 3 heterocycles. The second kappa shape index (κ2) is 6.98. The summed E-state index contributed by atoms with van der Waals surface area (Å²) in [5.74, 6) is 1.22. The van der Waals surface area contributed by atoms with E-state index >= 15 is 0 Å². The molecule has 128 valence electrons. The molecule has 0 N–H and O–H groups in total. The maximum absolute atomic E-state index is 12.8. The summed E-state index contributed by atoms with van der Waals surface area (Å²) in [7, 11) is 0. The number of rotatable bonds is 3. The average molecular weight is 374 g/mol. The first-order valence-electron chi connectivity index (χ1n) is 8.13. The average Bonchev–Trinajstić information content (AvgIpc) is 3.33. The first kappa shape index (κ1) is 16.3. The fourth-order valence-corrected chi connectivity index (χ4v) is 3.94. The van der Waals surface area contributed by atoms with Gasteiger partial charge in [-0.3, -0.25) is 4.79 Å². The normalized spacial score (nSPS) is 17.6. The van der Waals surface area contributed by atoms with Crippen LogP contribution in [0.15, 0.2) is 46.3 Å². The van der Waals surface area contributed by atoms with Crippen molar-refractivity contribution in [2.24, 2.45) is 0 Å². The van der Waals surface area contributed by atoms with Crippen molar-refractivity contribution in [3.05, 3.63) is 58.3 Å². The van der Waals surface area contributed by atoms with Crippen LogP contribution in [0.1, 0.15) is 35.0 Å². The molecule has 0 unspecified atom stereocenters. The number of thiophene rings is 1. The maximum Gasteiger partial charge on any atom is 0.255 e. The number of amides is 1. The Morgan fingerprint density at radius 3 is 2.96 bits per heavy atom. The van der Waals surface area contributed by atoms with Gasteiger partial charge in [0.15, 0.2) is 0 Å². The fourth-order valence-electron chi connectivity index (χ4n) is 3.08. The number of piperidine rings is 1. The lowest BCUT2D eigenvalue weighted by atomic mass is 9.97. The van der Waals surface area contributed by atoms with E-state index in [4.69, 9.17) is 16.1 Å². The van der Waals surface area contributed by atoms with Crippen LogP contribution in [0, 0.1) is 0 Å². The first-order valence-corrected chi connectivity index (χ1v) is 9.39. The SMILES string of the molecule is O=C(c1ccccc1Cl)N1CCC[C@H](c2nc(-c3cccs3)no2)C1. The van der Waals surface area contributed by atoms with Gasteiger partial charge in [0.2, 0.25) is 11.7 Å². The topological polar surface area (TPSA) is 59.2 Å². The Kier molecular flexibility index (Phi) is 4.55. The van der Waals surface area contributed by atoms with Crippen LogP contribution in [0.25, 0.3) is 10.7 Å². The Morgan fingerprint density at radius 2 is 2.16 bits per heavy atom. The molecule has 3 aromatic rings. The van der Waals surface area contributed by atoms with E-state index in [1.807, 2.05) is 34.5 Å². The van der Waals surface area contributed by atoms with Gasteiger partial charge in [-0.25, -0.2) is 0 Å². The van der Waals surface area contributed by atoms with E-state index in [-0.39, 0.29) is 11.8 Å². The molecule has 0 spiro atoms. The molecule has 1 saturated heterocycles. The number of halogens is 1. The van der Waals surface area contributed by atoms with Gasteiger partial charge < -0.3 is 9.42 Å². The quantitative estimate of drug-likeness (QED) is 0.679. The zero-order valence-electron chi connectivity index (χ0n) is 13.4. The summed E-state index contributed by atoms with van der Waals surface area (Å²) in [5, 5.41) is 6.54. The lowest BCUT2D eigenvalue weighted by Crippen LogP contribution is -2.39. The van der Waals surface area contributed by atoms with Gasteiger partial charge in [0.25, 0.3) is 5.91 Å². The highest BCUT2D eigenvalue weighted by atomic mass is 35.5. The molecule has 1 atom stereocenters. The second-order valence-corrected chi connectivity index (χ2v) is 7.36. The van der Waals surface area contributed by atoms with E-state index in [0.29, 0.717) is 35.4 Å². The molecule has 0 bridgehead atoms. The van der Waals surface area contributed by atoms with Crippen molar-refractivity contribution in [1.82, 2.24) is 15.0 Å². The Labute approximate surface area is 154 Å². The molecule has 25 heavy (non-hydrogen) atoms. The van der Waals surface area contributed by atoms with Gasteiger partial charge in [0.1, 0.15) is 0 Å². The third kappa shape index (κ3) is 3.32. The van der Waals surface area contributed by atoms with Crippen LogP contribution in [0.4, 0.5) is 0 Å². The smallest absolute Gasteiger partial charge is 0.255 e. The minimum Gasteiger partial charge on any atom is -0.339 e. The number of benzene rings is 1. The van der Waals surface area contributed by atoms with Crippen molar-refractivity contribution in [3.63, 3.8) is 0 Å². The standard InChI is InChI=1S/C18H16ClN3O2S/c19-14-7-2-1-6-13(14)18(23)22-9-3-5-12(11-22)17-20-16(21-24-17)15-8-4-10-25-15/h1-2,4,6-8,10,12H,3,5,9,11H2/t12-/m0/s1. The monoisotopic (exact) mass is 373 g/mol. The molecule has 0 radical (unpaired) electrons. The van der Waals surface area contributed by atoms with Crippen molar-refractivity contribution < 1.29 is 9.32 Å². The molecule has 5 nitrogen and oxygen atoms in total. The summed E-state index contributed by atoms with van der Waals surface area (Å²) in [6.45, 7) is 1.28. The predicted molar refractivity (Wildman–Crippen MR) is 96.9 cm³/mol. The third-order valence-corrected chi connectivity index (χ3v) is 5.54. The summed E-state index contributed by atoms with van der Waals surface area (Å²) in [4.78, 5) is 20.1. The minimum absolute atomic E-state index is 0.0479.